The molecule has 3 aliphatic rings. The fourth-order valence-electron chi connectivity index (χ4n) is 4.97. The summed E-state index contributed by atoms with van der Waals surface area (Å²) in [4.78, 5) is 31.0. The average molecular weight is 456 g/mol. The number of hydrogen-bond acceptors (Lipinski definition) is 7. The number of rotatable bonds is 5. The lowest BCUT2D eigenvalue weighted by molar-refractivity contribution is -0.134. The Morgan fingerprint density at radius 2 is 1.91 bits per heavy atom. The van der Waals surface area contributed by atoms with Crippen LogP contribution in [0.5, 0.6) is 0 Å². The van der Waals surface area contributed by atoms with Gasteiger partial charge in [0.1, 0.15) is 11.9 Å². The number of hydrogen-bond donors (Lipinski definition) is 0. The van der Waals surface area contributed by atoms with E-state index < -0.39 is 6.04 Å². The molecular weight excluding hydrogens is 426 g/mol. The van der Waals surface area contributed by atoms with Crippen LogP contribution in [0.1, 0.15) is 12.1 Å². The first-order valence-corrected chi connectivity index (χ1v) is 12.4. The van der Waals surface area contributed by atoms with Gasteiger partial charge in [0.15, 0.2) is 0 Å². The lowest BCUT2D eigenvalue weighted by atomic mass is 10.1. The number of carbonyl (C=O) groups is 1. The highest BCUT2D eigenvalue weighted by Gasteiger charge is 2.42. The predicted octanol–water partition coefficient (Wildman–Crippen LogP) is 1.96. The standard InChI is InChI=1S/C22H29N7O2S/c1-17-13-21(29(23-17)18-5-3-2-4-6-18)26-9-7-25(8-10-26)19-14-20(28(15-19)24-31)22(30)27-11-12-32-16-27/h2-6,13,19-20H,7-12,14-16H2,1H3/t19-,20-/m0/s1. The Morgan fingerprint density at radius 1 is 1.12 bits per heavy atom. The number of aryl methyl sites for hydroxylation is 1. The molecule has 1 amide bonds. The molecule has 1 aromatic carbocycles. The van der Waals surface area contributed by atoms with Crippen molar-refractivity contribution >= 4 is 23.5 Å². The Hall–Kier alpha value is -2.59. The van der Waals surface area contributed by atoms with E-state index in [2.05, 4.69) is 33.3 Å². The molecule has 3 aliphatic heterocycles. The van der Waals surface area contributed by atoms with Crippen LogP contribution in [0, 0.1) is 11.8 Å². The third-order valence-corrected chi connectivity index (χ3v) is 7.64. The summed E-state index contributed by atoms with van der Waals surface area (Å²) in [5, 5.41) is 9.37. The van der Waals surface area contributed by atoms with Crippen molar-refractivity contribution in [3.05, 3.63) is 47.0 Å². The first-order valence-electron chi connectivity index (χ1n) is 11.2. The van der Waals surface area contributed by atoms with E-state index in [4.69, 9.17) is 5.10 Å². The van der Waals surface area contributed by atoms with Gasteiger partial charge in [0.25, 0.3) is 0 Å². The molecule has 3 saturated heterocycles. The van der Waals surface area contributed by atoms with Crippen molar-refractivity contribution in [3.63, 3.8) is 0 Å². The highest BCUT2D eigenvalue weighted by Crippen LogP contribution is 2.28. The number of nitrogens with zero attached hydrogens (tertiary/aromatic N) is 7. The predicted molar refractivity (Wildman–Crippen MR) is 126 cm³/mol. The first-order chi connectivity index (χ1) is 15.6. The average Bonchev–Trinajstić information content (AvgIpc) is 3.59. The van der Waals surface area contributed by atoms with Gasteiger partial charge in [-0.2, -0.15) is 5.10 Å². The SMILES string of the molecule is Cc1cc(N2CCN([C@H]3C[C@@H](C(=O)N4CCSC4)N(N=O)C3)CC2)n(-c2ccccc2)n1. The van der Waals surface area contributed by atoms with Gasteiger partial charge >= 0.3 is 0 Å². The smallest absolute Gasteiger partial charge is 0.247 e. The molecule has 0 unspecified atom stereocenters. The van der Waals surface area contributed by atoms with Crippen LogP contribution in [0.2, 0.25) is 0 Å². The number of carbonyl (C=O) groups excluding carboxylic acids is 1. The van der Waals surface area contributed by atoms with Gasteiger partial charge < -0.3 is 9.80 Å². The maximum absolute atomic E-state index is 12.9. The second-order valence-corrected chi connectivity index (χ2v) is 9.74. The first kappa shape index (κ1) is 21.3. The maximum atomic E-state index is 12.9. The van der Waals surface area contributed by atoms with Gasteiger partial charge in [-0.25, -0.2) is 9.69 Å². The third-order valence-electron chi connectivity index (χ3n) is 6.68. The summed E-state index contributed by atoms with van der Waals surface area (Å²) in [5.41, 5.74) is 2.05. The molecule has 0 saturated carbocycles. The number of anilines is 1. The van der Waals surface area contributed by atoms with Gasteiger partial charge in [-0.1, -0.05) is 18.2 Å². The third kappa shape index (κ3) is 4.09. The van der Waals surface area contributed by atoms with Crippen molar-refractivity contribution in [3.8, 4) is 5.69 Å². The minimum absolute atomic E-state index is 0.0537. The highest BCUT2D eigenvalue weighted by molar-refractivity contribution is 7.99. The van der Waals surface area contributed by atoms with Crippen LogP contribution in [0.3, 0.4) is 0 Å². The monoisotopic (exact) mass is 455 g/mol. The van der Waals surface area contributed by atoms with E-state index in [-0.39, 0.29) is 11.9 Å². The minimum atomic E-state index is -0.420. The van der Waals surface area contributed by atoms with Gasteiger partial charge in [0, 0.05) is 50.6 Å². The Bertz CT molecular complexity index is 954. The Labute approximate surface area is 192 Å². The zero-order chi connectivity index (χ0) is 22.1. The summed E-state index contributed by atoms with van der Waals surface area (Å²) < 4.78 is 2.02. The lowest BCUT2D eigenvalue weighted by Gasteiger charge is -2.38. The second-order valence-electron chi connectivity index (χ2n) is 8.66. The molecule has 4 heterocycles. The van der Waals surface area contributed by atoms with E-state index in [9.17, 15) is 9.70 Å². The van der Waals surface area contributed by atoms with Crippen molar-refractivity contribution < 1.29 is 4.79 Å². The fraction of sp³-hybridized carbons (Fsp3) is 0.545. The summed E-state index contributed by atoms with van der Waals surface area (Å²) in [6.07, 6.45) is 0.673. The van der Waals surface area contributed by atoms with Crippen molar-refractivity contribution in [2.24, 2.45) is 5.29 Å². The van der Waals surface area contributed by atoms with Gasteiger partial charge in [-0.3, -0.25) is 9.69 Å². The van der Waals surface area contributed by atoms with Gasteiger partial charge in [0.2, 0.25) is 5.91 Å². The number of para-hydroxylation sites is 1. The Morgan fingerprint density at radius 3 is 2.59 bits per heavy atom. The molecule has 0 bridgehead atoms. The molecule has 10 heteroatoms. The topological polar surface area (TPSA) is 77.3 Å². The fourth-order valence-corrected chi connectivity index (χ4v) is 5.92. The molecule has 0 spiro atoms. The largest absolute Gasteiger partial charge is 0.354 e. The quantitative estimate of drug-likeness (QED) is 0.638. The van der Waals surface area contributed by atoms with E-state index in [0.29, 0.717) is 13.0 Å². The Kier molecular flexibility index (Phi) is 6.05. The zero-order valence-electron chi connectivity index (χ0n) is 18.3. The van der Waals surface area contributed by atoms with Crippen molar-refractivity contribution in [1.29, 1.82) is 0 Å². The highest BCUT2D eigenvalue weighted by atomic mass is 32.2. The summed E-state index contributed by atoms with van der Waals surface area (Å²) in [6.45, 7) is 6.85. The number of nitroso groups, excluding NO2 is 1. The van der Waals surface area contributed by atoms with E-state index >= 15 is 0 Å². The molecule has 32 heavy (non-hydrogen) atoms. The lowest BCUT2D eigenvalue weighted by Crippen LogP contribution is -2.51. The molecular formula is C22H29N7O2S. The second kappa shape index (κ2) is 9.11. The number of piperazine rings is 1. The summed E-state index contributed by atoms with van der Waals surface area (Å²) >= 11 is 1.76. The summed E-state index contributed by atoms with van der Waals surface area (Å²) in [7, 11) is 0. The molecule has 0 radical (unpaired) electrons. The summed E-state index contributed by atoms with van der Waals surface area (Å²) in [5.74, 6) is 2.85. The number of amides is 1. The van der Waals surface area contributed by atoms with Crippen molar-refractivity contribution in [2.45, 2.75) is 25.4 Å². The normalized spacial score (nSPS) is 24.3. The molecule has 3 fully saturated rings. The van der Waals surface area contributed by atoms with Crippen molar-refractivity contribution in [2.75, 3.05) is 55.8 Å². The zero-order valence-corrected chi connectivity index (χ0v) is 19.2. The van der Waals surface area contributed by atoms with Crippen LogP contribution < -0.4 is 4.90 Å². The Balaban J connectivity index is 1.24. The van der Waals surface area contributed by atoms with E-state index in [1.165, 1.54) is 5.01 Å². The van der Waals surface area contributed by atoms with Crippen LogP contribution >= 0.6 is 11.8 Å². The van der Waals surface area contributed by atoms with Gasteiger partial charge in [-0.05, 0) is 25.5 Å². The molecule has 0 aliphatic carbocycles. The number of benzene rings is 1. The molecule has 2 aromatic rings. The van der Waals surface area contributed by atoms with Crippen LogP contribution in [0.15, 0.2) is 41.7 Å². The van der Waals surface area contributed by atoms with E-state index in [0.717, 1.165) is 61.6 Å². The number of aromatic nitrogens is 2. The van der Waals surface area contributed by atoms with Crippen molar-refractivity contribution in [1.82, 2.24) is 24.6 Å². The van der Waals surface area contributed by atoms with Crippen LogP contribution in [0.25, 0.3) is 5.69 Å². The molecule has 1 aromatic heterocycles. The van der Waals surface area contributed by atoms with E-state index in [1.807, 2.05) is 34.7 Å². The molecule has 9 nitrogen and oxygen atoms in total. The maximum Gasteiger partial charge on any atom is 0.247 e. The van der Waals surface area contributed by atoms with Crippen LogP contribution in [-0.4, -0.2) is 93.5 Å². The summed E-state index contributed by atoms with van der Waals surface area (Å²) in [6, 6.07) is 12.1. The number of thioether (sulfide) groups is 1. The van der Waals surface area contributed by atoms with Crippen LogP contribution in [-0.2, 0) is 4.79 Å². The van der Waals surface area contributed by atoms with Crippen LogP contribution in [0.4, 0.5) is 5.82 Å². The van der Waals surface area contributed by atoms with E-state index in [1.54, 1.807) is 11.8 Å². The molecule has 5 rings (SSSR count). The van der Waals surface area contributed by atoms with Gasteiger partial charge in [-0.15, -0.1) is 16.7 Å². The molecule has 2 atom stereocenters. The minimum Gasteiger partial charge on any atom is -0.354 e. The molecule has 170 valence electrons. The van der Waals surface area contributed by atoms with Gasteiger partial charge in [0.05, 0.1) is 29.1 Å². The molecule has 0 N–H and O–H groups in total.